The lowest BCUT2D eigenvalue weighted by molar-refractivity contribution is -0.135. The molecule has 0 saturated carbocycles. The van der Waals surface area contributed by atoms with Gasteiger partial charge in [-0.2, -0.15) is 0 Å². The Labute approximate surface area is 196 Å². The summed E-state index contributed by atoms with van der Waals surface area (Å²) in [5.41, 5.74) is 2.44. The number of anilines is 2. The minimum atomic E-state index is -1.18. The summed E-state index contributed by atoms with van der Waals surface area (Å²) in [6.45, 7) is 4.45. The topological polar surface area (TPSA) is 79.0 Å². The van der Waals surface area contributed by atoms with Crippen molar-refractivity contribution in [3.8, 4) is 5.75 Å². The van der Waals surface area contributed by atoms with Crippen LogP contribution in [-0.2, 0) is 19.9 Å². The molecule has 1 N–H and O–H groups in total. The number of nitrogens with one attached hydrogen (secondary N) is 1. The monoisotopic (exact) mass is 465 g/mol. The Kier molecular flexibility index (Phi) is 4.27. The molecule has 0 radical (unpaired) electrons. The number of nitrogens with zero attached hydrogens (tertiary/aromatic N) is 2. The summed E-state index contributed by atoms with van der Waals surface area (Å²) in [6.07, 6.45) is 1.66. The first kappa shape index (κ1) is 20.7. The van der Waals surface area contributed by atoms with Crippen LogP contribution in [0.5, 0.6) is 5.75 Å². The van der Waals surface area contributed by atoms with Crippen molar-refractivity contribution in [2.45, 2.75) is 38.3 Å². The Morgan fingerprint density at radius 3 is 2.67 bits per heavy atom. The number of imide groups is 1. The quantitative estimate of drug-likeness (QED) is 0.688. The molecule has 3 fully saturated rings. The third-order valence-electron chi connectivity index (χ3n) is 7.94. The minimum Gasteiger partial charge on any atom is -0.495 e. The number of amides is 3. The number of ether oxygens (including phenoxy) is 1. The lowest BCUT2D eigenvalue weighted by Gasteiger charge is -2.36. The zero-order chi connectivity index (χ0) is 23.2. The molecule has 3 amide bonds. The number of hydrogen-bond donors (Lipinski definition) is 1. The molecule has 4 unspecified atom stereocenters. The summed E-state index contributed by atoms with van der Waals surface area (Å²) >= 11 is 6.27. The van der Waals surface area contributed by atoms with Crippen LogP contribution < -0.4 is 15.0 Å². The Morgan fingerprint density at radius 2 is 1.91 bits per heavy atom. The average Bonchev–Trinajstić information content (AvgIpc) is 3.49. The highest BCUT2D eigenvalue weighted by Crippen LogP contribution is 2.61. The smallest absolute Gasteiger partial charge is 0.250 e. The van der Waals surface area contributed by atoms with Crippen molar-refractivity contribution in [3.63, 3.8) is 0 Å². The number of carbonyl (C=O) groups excluding carboxylic acids is 3. The predicted molar refractivity (Wildman–Crippen MR) is 123 cm³/mol. The van der Waals surface area contributed by atoms with Crippen molar-refractivity contribution < 1.29 is 19.1 Å². The summed E-state index contributed by atoms with van der Waals surface area (Å²) in [6, 6.07) is 8.96. The van der Waals surface area contributed by atoms with Gasteiger partial charge in [-0.15, -0.1) is 0 Å². The van der Waals surface area contributed by atoms with E-state index in [2.05, 4.69) is 10.2 Å². The van der Waals surface area contributed by atoms with E-state index in [-0.39, 0.29) is 23.8 Å². The van der Waals surface area contributed by atoms with Crippen molar-refractivity contribution in [2.24, 2.45) is 11.8 Å². The highest BCUT2D eigenvalue weighted by atomic mass is 35.5. The first-order valence-corrected chi connectivity index (χ1v) is 11.6. The van der Waals surface area contributed by atoms with Gasteiger partial charge < -0.3 is 10.1 Å². The average molecular weight is 466 g/mol. The number of aryl methyl sites for hydroxylation is 2. The summed E-state index contributed by atoms with van der Waals surface area (Å²) in [7, 11) is 1.49. The van der Waals surface area contributed by atoms with E-state index in [1.807, 2.05) is 32.0 Å². The molecular formula is C25H24ClN3O4. The number of benzene rings is 2. The lowest BCUT2D eigenvalue weighted by atomic mass is 9.75. The van der Waals surface area contributed by atoms with Crippen LogP contribution in [0, 0.1) is 25.7 Å². The molecule has 3 saturated heterocycles. The number of hydrogen-bond acceptors (Lipinski definition) is 5. The molecular weight excluding hydrogens is 442 g/mol. The van der Waals surface area contributed by atoms with Gasteiger partial charge >= 0.3 is 0 Å². The zero-order valence-electron chi connectivity index (χ0n) is 18.6. The second kappa shape index (κ2) is 6.81. The Balaban J connectivity index is 1.57. The van der Waals surface area contributed by atoms with Crippen LogP contribution in [-0.4, -0.2) is 42.3 Å². The van der Waals surface area contributed by atoms with Gasteiger partial charge in [-0.3, -0.25) is 19.3 Å². The summed E-state index contributed by atoms with van der Waals surface area (Å²) in [4.78, 5) is 45.1. The number of methoxy groups -OCH3 is 1. The third kappa shape index (κ3) is 2.36. The van der Waals surface area contributed by atoms with Crippen molar-refractivity contribution in [3.05, 3.63) is 52.0 Å². The van der Waals surface area contributed by atoms with E-state index in [9.17, 15) is 14.4 Å². The molecule has 1 spiro atoms. The van der Waals surface area contributed by atoms with Crippen LogP contribution >= 0.6 is 11.6 Å². The van der Waals surface area contributed by atoms with Crippen LogP contribution in [0.4, 0.5) is 11.4 Å². The molecule has 33 heavy (non-hydrogen) atoms. The number of halogens is 1. The predicted octanol–water partition coefficient (Wildman–Crippen LogP) is 3.40. The van der Waals surface area contributed by atoms with Gasteiger partial charge in [0, 0.05) is 28.4 Å². The van der Waals surface area contributed by atoms with Crippen molar-refractivity contribution in [1.29, 1.82) is 0 Å². The molecule has 7 nitrogen and oxygen atoms in total. The molecule has 0 aliphatic carbocycles. The molecule has 0 aromatic heterocycles. The van der Waals surface area contributed by atoms with E-state index < -0.39 is 17.4 Å². The van der Waals surface area contributed by atoms with Crippen LogP contribution in [0.25, 0.3) is 0 Å². The van der Waals surface area contributed by atoms with Crippen LogP contribution in [0.2, 0.25) is 5.02 Å². The number of para-hydroxylation sites is 1. The van der Waals surface area contributed by atoms with Crippen molar-refractivity contribution in [2.75, 3.05) is 23.9 Å². The van der Waals surface area contributed by atoms with Crippen LogP contribution in [0.15, 0.2) is 30.3 Å². The van der Waals surface area contributed by atoms with Crippen LogP contribution in [0.1, 0.15) is 29.5 Å². The van der Waals surface area contributed by atoms with E-state index in [4.69, 9.17) is 16.3 Å². The van der Waals surface area contributed by atoms with E-state index in [0.717, 1.165) is 35.2 Å². The third-order valence-corrected chi connectivity index (χ3v) is 8.34. The number of carbonyl (C=O) groups is 3. The number of rotatable bonds is 2. The van der Waals surface area contributed by atoms with Gasteiger partial charge in [0.1, 0.15) is 11.3 Å². The minimum absolute atomic E-state index is 0.159. The molecule has 2 aromatic rings. The maximum absolute atomic E-state index is 14.1. The normalized spacial score (nSPS) is 30.1. The summed E-state index contributed by atoms with van der Waals surface area (Å²) < 4.78 is 5.49. The molecule has 6 rings (SSSR count). The van der Waals surface area contributed by atoms with Gasteiger partial charge in [-0.25, -0.2) is 4.90 Å². The molecule has 8 heteroatoms. The standard InChI is InChI=1S/C25H24ClN3O4/c1-12-6-4-7-14-21(12)27-24(32)25(14)20-19(16-8-5-9-28(16)25)22(30)29(23(20)31)17-10-13(2)15(26)11-18(17)33-3/h4,6-7,10-11,16,19-20H,5,8-9H2,1-3H3,(H,27,32). The van der Waals surface area contributed by atoms with Gasteiger partial charge in [0.15, 0.2) is 0 Å². The molecule has 0 bridgehead atoms. The highest BCUT2D eigenvalue weighted by molar-refractivity contribution is 6.32. The van der Waals surface area contributed by atoms with E-state index in [1.165, 1.54) is 12.0 Å². The molecule has 2 aromatic carbocycles. The first-order valence-electron chi connectivity index (χ1n) is 11.2. The van der Waals surface area contributed by atoms with Gasteiger partial charge in [-0.05, 0) is 50.4 Å². The second-order valence-corrected chi connectivity index (χ2v) is 9.82. The molecule has 4 heterocycles. The molecule has 4 aliphatic rings. The second-order valence-electron chi connectivity index (χ2n) is 9.41. The first-order chi connectivity index (χ1) is 15.8. The Hall–Kier alpha value is -2.90. The van der Waals surface area contributed by atoms with E-state index in [0.29, 0.717) is 23.0 Å². The molecule has 4 aliphatic heterocycles. The largest absolute Gasteiger partial charge is 0.495 e. The van der Waals surface area contributed by atoms with Gasteiger partial charge in [-0.1, -0.05) is 29.8 Å². The molecule has 170 valence electrons. The van der Waals surface area contributed by atoms with Crippen molar-refractivity contribution in [1.82, 2.24) is 4.90 Å². The number of fused-ring (bicyclic) bond motifs is 7. The maximum atomic E-state index is 14.1. The lowest BCUT2D eigenvalue weighted by Crippen LogP contribution is -2.54. The van der Waals surface area contributed by atoms with E-state index >= 15 is 0 Å². The van der Waals surface area contributed by atoms with Crippen LogP contribution in [0.3, 0.4) is 0 Å². The summed E-state index contributed by atoms with van der Waals surface area (Å²) in [5, 5.41) is 3.54. The van der Waals surface area contributed by atoms with Gasteiger partial charge in [0.05, 0.1) is 24.6 Å². The van der Waals surface area contributed by atoms with Gasteiger partial charge in [0.2, 0.25) is 17.7 Å². The zero-order valence-corrected chi connectivity index (χ0v) is 19.4. The fraction of sp³-hybridized carbons (Fsp3) is 0.400. The van der Waals surface area contributed by atoms with Crippen molar-refractivity contribution >= 4 is 40.7 Å². The fourth-order valence-electron chi connectivity index (χ4n) is 6.60. The Bertz CT molecular complexity index is 1260. The molecule has 4 atom stereocenters. The highest BCUT2D eigenvalue weighted by Gasteiger charge is 2.74. The maximum Gasteiger partial charge on any atom is 0.250 e. The van der Waals surface area contributed by atoms with Gasteiger partial charge in [0.25, 0.3) is 0 Å². The SMILES string of the molecule is COc1cc(Cl)c(C)cc1N1C(=O)C2C3CCCN3C3(C(=O)Nc4c(C)cccc43)C2C1=O. The Morgan fingerprint density at radius 1 is 1.12 bits per heavy atom. The fourth-order valence-corrected chi connectivity index (χ4v) is 6.75. The summed E-state index contributed by atoms with van der Waals surface area (Å²) in [5.74, 6) is -1.86. The van der Waals surface area contributed by atoms with E-state index in [1.54, 1.807) is 12.1 Å².